The van der Waals surface area contributed by atoms with Crippen molar-refractivity contribution in [2.75, 3.05) is 0 Å². The van der Waals surface area contributed by atoms with E-state index in [9.17, 15) is 0 Å². The lowest BCUT2D eigenvalue weighted by Crippen LogP contribution is -1.94. The fraction of sp³-hybridized carbons (Fsp3) is 0.143. The number of aryl methyl sites for hydroxylation is 1. The van der Waals surface area contributed by atoms with E-state index in [1.807, 2.05) is 7.05 Å². The Kier molecular flexibility index (Phi) is 2.96. The van der Waals surface area contributed by atoms with E-state index in [0.717, 1.165) is 8.73 Å². The maximum Gasteiger partial charge on any atom is 0.195 e. The van der Waals surface area contributed by atoms with E-state index in [-0.39, 0.29) is 0 Å². The van der Waals surface area contributed by atoms with Crippen LogP contribution in [0.2, 0.25) is 0 Å². The average Bonchev–Trinajstić information content (AvgIpc) is 2.56. The van der Waals surface area contributed by atoms with Gasteiger partial charge in [0.1, 0.15) is 6.33 Å². The van der Waals surface area contributed by atoms with Crippen molar-refractivity contribution >= 4 is 34.4 Å². The van der Waals surface area contributed by atoms with Crippen LogP contribution in [0.15, 0.2) is 29.0 Å². The molecule has 0 aromatic carbocycles. The van der Waals surface area contributed by atoms with E-state index in [1.165, 1.54) is 18.1 Å². The lowest BCUT2D eigenvalue weighted by molar-refractivity contribution is 0.683. The molecule has 0 saturated carbocycles. The van der Waals surface area contributed by atoms with Crippen molar-refractivity contribution in [1.29, 1.82) is 0 Å². The third-order valence-electron chi connectivity index (χ3n) is 1.45. The predicted octanol–water partition coefficient (Wildman–Crippen LogP) is 1.36. The Hall–Kier alpha value is -0.700. The summed E-state index contributed by atoms with van der Waals surface area (Å²) in [7, 11) is 1.84. The molecule has 0 spiro atoms. The lowest BCUT2D eigenvalue weighted by Gasteiger charge is -1.97. The van der Waals surface area contributed by atoms with Gasteiger partial charge in [-0.2, -0.15) is 5.10 Å². The Balaban J connectivity index is 2.19. The minimum Gasteiger partial charge on any atom is -0.244 e. The molecule has 0 aliphatic rings. The SMILES string of the molecule is Cn1ncnc1Sc1ncc(I)cn1. The molecular formula is C7H6IN5S. The van der Waals surface area contributed by atoms with Gasteiger partial charge in [-0.25, -0.2) is 19.6 Å². The summed E-state index contributed by atoms with van der Waals surface area (Å²) in [5.41, 5.74) is 0. The van der Waals surface area contributed by atoms with Crippen LogP contribution < -0.4 is 0 Å². The molecule has 0 fully saturated rings. The molecule has 2 heterocycles. The maximum atomic E-state index is 4.16. The zero-order valence-corrected chi connectivity index (χ0v) is 10.2. The second-order valence-electron chi connectivity index (χ2n) is 2.45. The summed E-state index contributed by atoms with van der Waals surface area (Å²) >= 11 is 3.56. The van der Waals surface area contributed by atoms with E-state index in [0.29, 0.717) is 5.16 Å². The van der Waals surface area contributed by atoms with Crippen molar-refractivity contribution in [3.63, 3.8) is 0 Å². The standard InChI is InChI=1S/C7H6IN5S/c1-13-7(11-4-12-13)14-6-9-2-5(8)3-10-6/h2-4H,1H3. The summed E-state index contributed by atoms with van der Waals surface area (Å²) in [6, 6.07) is 0. The Morgan fingerprint density at radius 1 is 1.29 bits per heavy atom. The van der Waals surface area contributed by atoms with Gasteiger partial charge in [-0.1, -0.05) is 0 Å². The topological polar surface area (TPSA) is 56.5 Å². The first-order valence-electron chi connectivity index (χ1n) is 3.75. The van der Waals surface area contributed by atoms with Crippen molar-refractivity contribution in [3.8, 4) is 0 Å². The molecule has 2 rings (SSSR count). The maximum absolute atomic E-state index is 4.16. The number of aromatic nitrogens is 5. The number of nitrogens with zero attached hydrogens (tertiary/aromatic N) is 5. The van der Waals surface area contributed by atoms with Crippen molar-refractivity contribution in [3.05, 3.63) is 22.3 Å². The summed E-state index contributed by atoms with van der Waals surface area (Å²) in [5.74, 6) is 0. The van der Waals surface area contributed by atoms with Crippen LogP contribution in [0.3, 0.4) is 0 Å². The summed E-state index contributed by atoms with van der Waals surface area (Å²) in [6.45, 7) is 0. The molecule has 0 saturated heterocycles. The number of hydrogen-bond donors (Lipinski definition) is 0. The first-order valence-corrected chi connectivity index (χ1v) is 5.64. The van der Waals surface area contributed by atoms with Crippen LogP contribution in [0.5, 0.6) is 0 Å². The molecule has 0 radical (unpaired) electrons. The van der Waals surface area contributed by atoms with E-state index >= 15 is 0 Å². The normalized spacial score (nSPS) is 10.4. The molecular weight excluding hydrogens is 313 g/mol. The van der Waals surface area contributed by atoms with Crippen LogP contribution in [-0.2, 0) is 7.05 Å². The van der Waals surface area contributed by atoms with Gasteiger partial charge in [0.15, 0.2) is 10.3 Å². The van der Waals surface area contributed by atoms with Crippen LogP contribution >= 0.6 is 34.4 Å². The second-order valence-corrected chi connectivity index (χ2v) is 4.63. The van der Waals surface area contributed by atoms with Crippen LogP contribution in [0, 0.1) is 3.57 Å². The zero-order chi connectivity index (χ0) is 9.97. The Labute approximate surface area is 98.5 Å². The quantitative estimate of drug-likeness (QED) is 0.618. The summed E-state index contributed by atoms with van der Waals surface area (Å²) in [4.78, 5) is 12.4. The van der Waals surface area contributed by atoms with Gasteiger partial charge >= 0.3 is 0 Å². The Morgan fingerprint density at radius 3 is 2.57 bits per heavy atom. The van der Waals surface area contributed by atoms with E-state index in [4.69, 9.17) is 0 Å². The molecule has 0 aliphatic heterocycles. The molecule has 0 atom stereocenters. The summed E-state index contributed by atoms with van der Waals surface area (Å²) in [6.07, 6.45) is 5.05. The van der Waals surface area contributed by atoms with E-state index < -0.39 is 0 Å². The van der Waals surface area contributed by atoms with Gasteiger partial charge in [-0.15, -0.1) is 0 Å². The van der Waals surface area contributed by atoms with Crippen LogP contribution in [0.25, 0.3) is 0 Å². The highest BCUT2D eigenvalue weighted by Crippen LogP contribution is 2.20. The van der Waals surface area contributed by atoms with Crippen LogP contribution in [-0.4, -0.2) is 24.7 Å². The molecule has 5 nitrogen and oxygen atoms in total. The van der Waals surface area contributed by atoms with Crippen molar-refractivity contribution in [2.45, 2.75) is 10.3 Å². The van der Waals surface area contributed by atoms with Gasteiger partial charge < -0.3 is 0 Å². The fourth-order valence-corrected chi connectivity index (χ4v) is 1.74. The van der Waals surface area contributed by atoms with Gasteiger partial charge in [0.05, 0.1) is 0 Å². The first-order chi connectivity index (χ1) is 6.75. The monoisotopic (exact) mass is 319 g/mol. The summed E-state index contributed by atoms with van der Waals surface area (Å²) in [5, 5.41) is 5.42. The van der Waals surface area contributed by atoms with E-state index in [2.05, 4.69) is 42.6 Å². The molecule has 7 heteroatoms. The molecule has 2 aromatic rings. The average molecular weight is 319 g/mol. The largest absolute Gasteiger partial charge is 0.244 e. The smallest absolute Gasteiger partial charge is 0.195 e. The second kappa shape index (κ2) is 4.22. The van der Waals surface area contributed by atoms with Crippen molar-refractivity contribution in [2.24, 2.45) is 7.05 Å². The van der Waals surface area contributed by atoms with E-state index in [1.54, 1.807) is 17.1 Å². The van der Waals surface area contributed by atoms with Crippen LogP contribution in [0.1, 0.15) is 0 Å². The minimum absolute atomic E-state index is 0.682. The minimum atomic E-state index is 0.682. The highest BCUT2D eigenvalue weighted by atomic mass is 127. The molecule has 14 heavy (non-hydrogen) atoms. The molecule has 0 N–H and O–H groups in total. The number of hydrogen-bond acceptors (Lipinski definition) is 5. The van der Waals surface area contributed by atoms with Gasteiger partial charge in [0.2, 0.25) is 0 Å². The van der Waals surface area contributed by atoms with Gasteiger partial charge in [0.25, 0.3) is 0 Å². The number of rotatable bonds is 2. The first kappa shape index (κ1) is 9.84. The molecule has 0 bridgehead atoms. The molecule has 0 amide bonds. The lowest BCUT2D eigenvalue weighted by atomic mass is 10.7. The molecule has 0 unspecified atom stereocenters. The van der Waals surface area contributed by atoms with Gasteiger partial charge in [-0.3, -0.25) is 0 Å². The van der Waals surface area contributed by atoms with Gasteiger partial charge in [0, 0.05) is 23.0 Å². The number of halogens is 1. The Morgan fingerprint density at radius 2 is 2.00 bits per heavy atom. The molecule has 72 valence electrons. The summed E-state index contributed by atoms with van der Waals surface area (Å²) < 4.78 is 2.70. The molecule has 2 aromatic heterocycles. The predicted molar refractivity (Wildman–Crippen MR) is 59.9 cm³/mol. The molecule has 0 aliphatic carbocycles. The van der Waals surface area contributed by atoms with Crippen molar-refractivity contribution in [1.82, 2.24) is 24.7 Å². The third kappa shape index (κ3) is 2.21. The third-order valence-corrected chi connectivity index (χ3v) is 2.95. The van der Waals surface area contributed by atoms with Crippen LogP contribution in [0.4, 0.5) is 0 Å². The van der Waals surface area contributed by atoms with Crippen molar-refractivity contribution < 1.29 is 0 Å². The van der Waals surface area contributed by atoms with Gasteiger partial charge in [-0.05, 0) is 34.4 Å². The highest BCUT2D eigenvalue weighted by molar-refractivity contribution is 14.1. The Bertz CT molecular complexity index is 426. The zero-order valence-electron chi connectivity index (χ0n) is 7.25. The fourth-order valence-electron chi connectivity index (χ4n) is 0.813. The highest BCUT2D eigenvalue weighted by Gasteiger charge is 2.04.